The molecule has 0 spiro atoms. The zero-order chi connectivity index (χ0) is 14.6. The van der Waals surface area contributed by atoms with E-state index in [1.54, 1.807) is 0 Å². The first kappa shape index (κ1) is 17.9. The van der Waals surface area contributed by atoms with Crippen LogP contribution in [-0.4, -0.2) is 24.2 Å². The molecule has 0 atom stereocenters. The second-order valence-electron chi connectivity index (χ2n) is 4.56. The highest BCUT2D eigenvalue weighted by Gasteiger charge is 2.10. The first-order valence-electron chi connectivity index (χ1n) is 7.40. The largest absolute Gasteiger partial charge is 0.349 e. The van der Waals surface area contributed by atoms with E-state index >= 15 is 0 Å². The Kier molecular flexibility index (Phi) is 10.3. The van der Waals surface area contributed by atoms with Gasteiger partial charge in [0.25, 0.3) is 0 Å². The van der Waals surface area contributed by atoms with E-state index in [0.717, 1.165) is 18.7 Å². The van der Waals surface area contributed by atoms with Crippen molar-refractivity contribution < 1.29 is 9.47 Å². The molecule has 0 bridgehead atoms. The number of rotatable bonds is 11. The normalized spacial score (nSPS) is 11.2. The van der Waals surface area contributed by atoms with Crippen LogP contribution in [0.4, 0.5) is 0 Å². The van der Waals surface area contributed by atoms with E-state index in [1.807, 2.05) is 13.8 Å². The van der Waals surface area contributed by atoms with Gasteiger partial charge in [0.05, 0.1) is 0 Å². The van der Waals surface area contributed by atoms with Crippen molar-refractivity contribution in [2.75, 3.05) is 24.2 Å². The molecule has 0 unspecified atom stereocenters. The second-order valence-corrected chi connectivity index (χ2v) is 5.64. The summed E-state index contributed by atoms with van der Waals surface area (Å²) in [6.07, 6.45) is 2.30. The van der Waals surface area contributed by atoms with Gasteiger partial charge in [-0.25, -0.2) is 0 Å². The van der Waals surface area contributed by atoms with Gasteiger partial charge in [-0.2, -0.15) is 0 Å². The molecule has 0 radical (unpaired) electrons. The third-order valence-corrected chi connectivity index (χ3v) is 3.72. The fourth-order valence-electron chi connectivity index (χ4n) is 1.91. The Balaban J connectivity index is 2.41. The third kappa shape index (κ3) is 7.02. The van der Waals surface area contributed by atoms with Gasteiger partial charge in [-0.15, -0.1) is 0 Å². The van der Waals surface area contributed by atoms with E-state index < -0.39 is 0 Å². The van der Waals surface area contributed by atoms with Gasteiger partial charge in [0.1, 0.15) is 0 Å². The fourth-order valence-corrected chi connectivity index (χ4v) is 2.45. The smallest absolute Gasteiger partial charge is 0.183 e. The summed E-state index contributed by atoms with van der Waals surface area (Å²) in [4.78, 5) is 0. The third-order valence-electron chi connectivity index (χ3n) is 2.95. The highest BCUT2D eigenvalue weighted by Crippen LogP contribution is 2.19. The van der Waals surface area contributed by atoms with Crippen molar-refractivity contribution in [2.45, 2.75) is 39.5 Å². The molecule has 0 aromatic heterocycles. The molecular weight excluding hydrogens is 365 g/mol. The lowest BCUT2D eigenvalue weighted by Crippen LogP contribution is -2.15. The summed E-state index contributed by atoms with van der Waals surface area (Å²) >= 11 is 2.42. The number of unbranched alkanes of at least 4 members (excludes halogenated alkanes) is 1. The molecule has 114 valence electrons. The Hall–Kier alpha value is -0.170. The maximum atomic E-state index is 5.60. The van der Waals surface area contributed by atoms with Crippen LogP contribution in [0.5, 0.6) is 0 Å². The van der Waals surface area contributed by atoms with E-state index in [4.69, 9.17) is 9.47 Å². The summed E-state index contributed by atoms with van der Waals surface area (Å²) in [5.74, 6) is 0. The SMILES string of the molecule is CCOC(OCC)c1ccc(CNCCCCI)cc1. The average molecular weight is 391 g/mol. The zero-order valence-electron chi connectivity index (χ0n) is 12.5. The molecule has 1 N–H and O–H groups in total. The molecule has 3 nitrogen and oxygen atoms in total. The Morgan fingerprint density at radius 3 is 2.25 bits per heavy atom. The summed E-state index contributed by atoms with van der Waals surface area (Å²) in [5, 5.41) is 3.47. The Labute approximate surface area is 136 Å². The lowest BCUT2D eigenvalue weighted by molar-refractivity contribution is -0.140. The molecule has 0 aliphatic carbocycles. The van der Waals surface area contributed by atoms with Crippen molar-refractivity contribution in [3.63, 3.8) is 0 Å². The first-order valence-corrected chi connectivity index (χ1v) is 8.93. The number of alkyl halides is 1. The summed E-state index contributed by atoms with van der Waals surface area (Å²) < 4.78 is 12.4. The van der Waals surface area contributed by atoms with E-state index in [2.05, 4.69) is 52.2 Å². The van der Waals surface area contributed by atoms with Gasteiger partial charge in [0.2, 0.25) is 0 Å². The van der Waals surface area contributed by atoms with Crippen LogP contribution in [0, 0.1) is 0 Å². The summed E-state index contributed by atoms with van der Waals surface area (Å²) in [6.45, 7) is 7.30. The van der Waals surface area contributed by atoms with Gasteiger partial charge in [-0.05, 0) is 43.2 Å². The molecule has 4 heteroatoms. The molecule has 1 rings (SSSR count). The Morgan fingerprint density at radius 1 is 1.05 bits per heavy atom. The quantitative estimate of drug-likeness (QED) is 0.267. The van der Waals surface area contributed by atoms with Gasteiger partial charge in [-0.1, -0.05) is 46.9 Å². The lowest BCUT2D eigenvalue weighted by atomic mass is 10.1. The Morgan fingerprint density at radius 2 is 1.70 bits per heavy atom. The summed E-state index contributed by atoms with van der Waals surface area (Å²) in [7, 11) is 0. The van der Waals surface area contributed by atoms with E-state index in [0.29, 0.717) is 13.2 Å². The molecule has 20 heavy (non-hydrogen) atoms. The van der Waals surface area contributed by atoms with Crippen LogP contribution >= 0.6 is 22.6 Å². The standard InChI is InChI=1S/C16H26INO2/c1-3-19-16(20-4-2)15-9-7-14(8-10-15)13-18-12-6-5-11-17/h7-10,16,18H,3-6,11-13H2,1-2H3. The molecule has 1 aromatic carbocycles. The minimum Gasteiger partial charge on any atom is -0.349 e. The number of benzene rings is 1. The van der Waals surface area contributed by atoms with E-state index in [-0.39, 0.29) is 6.29 Å². The average Bonchev–Trinajstić information content (AvgIpc) is 2.47. The van der Waals surface area contributed by atoms with E-state index in [9.17, 15) is 0 Å². The predicted octanol–water partition coefficient (Wildman–Crippen LogP) is 4.06. The zero-order valence-corrected chi connectivity index (χ0v) is 14.7. The highest BCUT2D eigenvalue weighted by atomic mass is 127. The van der Waals surface area contributed by atoms with Crippen LogP contribution in [0.3, 0.4) is 0 Å². The molecule has 0 aliphatic heterocycles. The van der Waals surface area contributed by atoms with Crippen LogP contribution in [0.15, 0.2) is 24.3 Å². The van der Waals surface area contributed by atoms with E-state index in [1.165, 1.54) is 22.8 Å². The van der Waals surface area contributed by atoms with Crippen molar-refractivity contribution >= 4 is 22.6 Å². The first-order chi connectivity index (χ1) is 9.81. The van der Waals surface area contributed by atoms with Crippen LogP contribution in [-0.2, 0) is 16.0 Å². The number of hydrogen-bond acceptors (Lipinski definition) is 3. The van der Waals surface area contributed by atoms with Crippen molar-refractivity contribution in [2.24, 2.45) is 0 Å². The van der Waals surface area contributed by atoms with Crippen LogP contribution in [0.1, 0.15) is 44.1 Å². The van der Waals surface area contributed by atoms with Crippen LogP contribution in [0.2, 0.25) is 0 Å². The van der Waals surface area contributed by atoms with Crippen LogP contribution in [0.25, 0.3) is 0 Å². The lowest BCUT2D eigenvalue weighted by Gasteiger charge is -2.17. The number of halogens is 1. The second kappa shape index (κ2) is 11.5. The van der Waals surface area contributed by atoms with Gasteiger partial charge >= 0.3 is 0 Å². The van der Waals surface area contributed by atoms with Crippen molar-refractivity contribution in [1.29, 1.82) is 0 Å². The molecule has 0 fully saturated rings. The van der Waals surface area contributed by atoms with Crippen molar-refractivity contribution in [3.05, 3.63) is 35.4 Å². The molecule has 1 aromatic rings. The van der Waals surface area contributed by atoms with Gasteiger partial charge in [-0.3, -0.25) is 0 Å². The number of hydrogen-bond donors (Lipinski definition) is 1. The number of nitrogens with one attached hydrogen (secondary N) is 1. The topological polar surface area (TPSA) is 30.5 Å². The fraction of sp³-hybridized carbons (Fsp3) is 0.625. The van der Waals surface area contributed by atoms with Gasteiger partial charge in [0.15, 0.2) is 6.29 Å². The predicted molar refractivity (Wildman–Crippen MR) is 92.3 cm³/mol. The van der Waals surface area contributed by atoms with Crippen molar-refractivity contribution in [1.82, 2.24) is 5.32 Å². The number of ether oxygens (including phenoxy) is 2. The van der Waals surface area contributed by atoms with Gasteiger partial charge in [0, 0.05) is 25.3 Å². The molecular formula is C16H26INO2. The monoisotopic (exact) mass is 391 g/mol. The minimum absolute atomic E-state index is 0.240. The molecule has 0 aliphatic rings. The highest BCUT2D eigenvalue weighted by molar-refractivity contribution is 14.1. The molecule has 0 heterocycles. The minimum atomic E-state index is -0.240. The van der Waals surface area contributed by atoms with Crippen LogP contribution < -0.4 is 5.32 Å². The maximum Gasteiger partial charge on any atom is 0.183 e. The van der Waals surface area contributed by atoms with Crippen molar-refractivity contribution in [3.8, 4) is 0 Å². The molecule has 0 amide bonds. The maximum absolute atomic E-state index is 5.60. The van der Waals surface area contributed by atoms with Gasteiger partial charge < -0.3 is 14.8 Å². The summed E-state index contributed by atoms with van der Waals surface area (Å²) in [5.41, 5.74) is 2.39. The molecule has 0 saturated carbocycles. The summed E-state index contributed by atoms with van der Waals surface area (Å²) in [6, 6.07) is 8.48. The molecule has 0 saturated heterocycles. The Bertz CT molecular complexity index is 337.